The highest BCUT2D eigenvalue weighted by atomic mass is 35.5. The second-order valence-corrected chi connectivity index (χ2v) is 7.31. The van der Waals surface area contributed by atoms with Gasteiger partial charge in [0.2, 0.25) is 5.91 Å². The van der Waals surface area contributed by atoms with Gasteiger partial charge in [0.25, 0.3) is 0 Å². The van der Waals surface area contributed by atoms with Gasteiger partial charge >= 0.3 is 0 Å². The molecule has 1 fully saturated rings. The van der Waals surface area contributed by atoms with Crippen molar-refractivity contribution in [3.63, 3.8) is 0 Å². The Kier molecular flexibility index (Phi) is 4.18. The summed E-state index contributed by atoms with van der Waals surface area (Å²) in [5, 5.41) is 4.93. The molecule has 0 atom stereocenters. The number of aromatic nitrogens is 1. The summed E-state index contributed by atoms with van der Waals surface area (Å²) in [5.74, 6) is 1.48. The van der Waals surface area contributed by atoms with E-state index in [1.807, 2.05) is 6.07 Å². The Balaban J connectivity index is 1.71. The Bertz CT molecular complexity index is 698. The molecule has 4 heteroatoms. The van der Waals surface area contributed by atoms with Crippen LogP contribution in [0, 0.1) is 11.8 Å². The zero-order valence-electron chi connectivity index (χ0n) is 13.4. The number of hydrogen-bond acceptors (Lipinski definition) is 1. The Hall–Kier alpha value is -1.48. The van der Waals surface area contributed by atoms with Crippen LogP contribution >= 0.6 is 11.6 Å². The third-order valence-electron chi connectivity index (χ3n) is 4.61. The maximum atomic E-state index is 12.0. The van der Waals surface area contributed by atoms with Crippen molar-refractivity contribution in [1.29, 1.82) is 0 Å². The molecule has 0 spiro atoms. The molecule has 1 heterocycles. The molecule has 0 aliphatic heterocycles. The average Bonchev–Trinajstić information content (AvgIpc) is 2.81. The van der Waals surface area contributed by atoms with Gasteiger partial charge in [0.1, 0.15) is 0 Å². The number of amides is 1. The second-order valence-electron chi connectivity index (χ2n) is 6.90. The van der Waals surface area contributed by atoms with Crippen molar-refractivity contribution in [1.82, 2.24) is 10.3 Å². The van der Waals surface area contributed by atoms with E-state index in [0.717, 1.165) is 40.0 Å². The first-order valence-electron chi connectivity index (χ1n) is 8.02. The van der Waals surface area contributed by atoms with Crippen LogP contribution in [0.2, 0.25) is 5.02 Å². The molecule has 1 amide bonds. The minimum atomic E-state index is 0.178. The molecule has 22 heavy (non-hydrogen) atoms. The summed E-state index contributed by atoms with van der Waals surface area (Å²) in [4.78, 5) is 15.4. The van der Waals surface area contributed by atoms with Crippen LogP contribution in [0.5, 0.6) is 0 Å². The fourth-order valence-electron chi connectivity index (χ4n) is 3.21. The topological polar surface area (TPSA) is 44.9 Å². The SMILES string of the molecule is CC1CC(C(=O)NCc2cc3cc(Cl)c(C(C)C)cc3[nH]2)C1. The summed E-state index contributed by atoms with van der Waals surface area (Å²) in [6, 6.07) is 6.18. The molecule has 1 saturated carbocycles. The largest absolute Gasteiger partial charge is 0.357 e. The zero-order valence-corrected chi connectivity index (χ0v) is 14.1. The van der Waals surface area contributed by atoms with Crippen LogP contribution in [0.1, 0.15) is 50.8 Å². The fraction of sp³-hybridized carbons (Fsp3) is 0.500. The number of H-pyrrole nitrogens is 1. The van der Waals surface area contributed by atoms with Crippen molar-refractivity contribution in [2.45, 2.75) is 46.1 Å². The molecular formula is C18H23ClN2O. The number of rotatable bonds is 4. The molecular weight excluding hydrogens is 296 g/mol. The van der Waals surface area contributed by atoms with Crippen LogP contribution in [-0.4, -0.2) is 10.9 Å². The van der Waals surface area contributed by atoms with E-state index in [9.17, 15) is 4.79 Å². The first-order chi connectivity index (χ1) is 10.4. The van der Waals surface area contributed by atoms with Crippen molar-refractivity contribution < 1.29 is 4.79 Å². The maximum Gasteiger partial charge on any atom is 0.223 e. The van der Waals surface area contributed by atoms with Crippen molar-refractivity contribution in [3.8, 4) is 0 Å². The van der Waals surface area contributed by atoms with Crippen LogP contribution in [0.15, 0.2) is 18.2 Å². The molecule has 1 aliphatic carbocycles. The predicted octanol–water partition coefficient (Wildman–Crippen LogP) is 4.61. The predicted molar refractivity (Wildman–Crippen MR) is 91.1 cm³/mol. The molecule has 1 aromatic carbocycles. The summed E-state index contributed by atoms with van der Waals surface area (Å²) >= 11 is 6.33. The van der Waals surface area contributed by atoms with Crippen molar-refractivity contribution >= 4 is 28.4 Å². The number of carbonyl (C=O) groups is 1. The van der Waals surface area contributed by atoms with Gasteiger partial charge in [-0.25, -0.2) is 0 Å². The lowest BCUT2D eigenvalue weighted by Crippen LogP contribution is -2.37. The number of nitrogens with one attached hydrogen (secondary N) is 2. The average molecular weight is 319 g/mol. The molecule has 2 N–H and O–H groups in total. The normalized spacial score (nSPS) is 21.1. The Morgan fingerprint density at radius 1 is 1.36 bits per heavy atom. The highest BCUT2D eigenvalue weighted by Gasteiger charge is 2.31. The molecule has 0 bridgehead atoms. The van der Waals surface area contributed by atoms with E-state index in [1.165, 1.54) is 0 Å². The third kappa shape index (κ3) is 3.00. The number of fused-ring (bicyclic) bond motifs is 1. The molecule has 118 valence electrons. The van der Waals surface area contributed by atoms with Gasteiger partial charge in [-0.15, -0.1) is 0 Å². The van der Waals surface area contributed by atoms with Gasteiger partial charge in [-0.1, -0.05) is 32.4 Å². The molecule has 2 aromatic rings. The zero-order chi connectivity index (χ0) is 15.9. The van der Waals surface area contributed by atoms with E-state index in [2.05, 4.69) is 43.2 Å². The maximum absolute atomic E-state index is 12.0. The molecule has 3 rings (SSSR count). The quantitative estimate of drug-likeness (QED) is 0.849. The first-order valence-corrected chi connectivity index (χ1v) is 8.40. The third-order valence-corrected chi connectivity index (χ3v) is 4.94. The summed E-state index contributed by atoms with van der Waals surface area (Å²) in [5.41, 5.74) is 3.25. The van der Waals surface area contributed by atoms with Crippen LogP contribution in [0.4, 0.5) is 0 Å². The minimum absolute atomic E-state index is 0.178. The highest BCUT2D eigenvalue weighted by molar-refractivity contribution is 6.32. The van der Waals surface area contributed by atoms with Crippen molar-refractivity contribution in [2.75, 3.05) is 0 Å². The van der Waals surface area contributed by atoms with E-state index in [0.29, 0.717) is 18.4 Å². The lowest BCUT2D eigenvalue weighted by atomic mass is 9.76. The summed E-state index contributed by atoms with van der Waals surface area (Å²) in [6.07, 6.45) is 2.04. The molecule has 3 nitrogen and oxygen atoms in total. The molecule has 1 aliphatic rings. The van der Waals surface area contributed by atoms with Crippen molar-refractivity contribution in [3.05, 3.63) is 34.5 Å². The van der Waals surface area contributed by atoms with Gasteiger partial charge in [0.15, 0.2) is 0 Å². The van der Waals surface area contributed by atoms with Crippen LogP contribution in [0.3, 0.4) is 0 Å². The second kappa shape index (κ2) is 5.96. The Morgan fingerprint density at radius 2 is 2.09 bits per heavy atom. The van der Waals surface area contributed by atoms with E-state index < -0.39 is 0 Å². The van der Waals surface area contributed by atoms with E-state index in [4.69, 9.17) is 11.6 Å². The van der Waals surface area contributed by atoms with E-state index in [1.54, 1.807) is 0 Å². The highest BCUT2D eigenvalue weighted by Crippen LogP contribution is 2.33. The van der Waals surface area contributed by atoms with Gasteiger partial charge in [-0.2, -0.15) is 0 Å². The van der Waals surface area contributed by atoms with Crippen LogP contribution in [-0.2, 0) is 11.3 Å². The fourth-order valence-corrected chi connectivity index (χ4v) is 3.60. The minimum Gasteiger partial charge on any atom is -0.357 e. The molecule has 0 saturated heterocycles. The molecule has 0 unspecified atom stereocenters. The molecule has 1 aromatic heterocycles. The summed E-state index contributed by atoms with van der Waals surface area (Å²) in [6.45, 7) is 7.01. The van der Waals surface area contributed by atoms with Gasteiger partial charge in [-0.05, 0) is 48.4 Å². The van der Waals surface area contributed by atoms with Crippen molar-refractivity contribution in [2.24, 2.45) is 11.8 Å². The number of halogens is 1. The van der Waals surface area contributed by atoms with Gasteiger partial charge in [0, 0.05) is 27.5 Å². The lowest BCUT2D eigenvalue weighted by Gasteiger charge is -2.31. The Morgan fingerprint density at radius 3 is 2.73 bits per heavy atom. The van der Waals surface area contributed by atoms with E-state index >= 15 is 0 Å². The van der Waals surface area contributed by atoms with Crippen LogP contribution < -0.4 is 5.32 Å². The number of hydrogen-bond donors (Lipinski definition) is 2. The van der Waals surface area contributed by atoms with E-state index in [-0.39, 0.29) is 11.8 Å². The van der Waals surface area contributed by atoms with Gasteiger partial charge < -0.3 is 10.3 Å². The summed E-state index contributed by atoms with van der Waals surface area (Å²) < 4.78 is 0. The van der Waals surface area contributed by atoms with Crippen LogP contribution in [0.25, 0.3) is 10.9 Å². The lowest BCUT2D eigenvalue weighted by molar-refractivity contribution is -0.129. The number of aromatic amines is 1. The monoisotopic (exact) mass is 318 g/mol. The molecule has 0 radical (unpaired) electrons. The summed E-state index contributed by atoms with van der Waals surface area (Å²) in [7, 11) is 0. The Labute approximate surface area is 136 Å². The smallest absolute Gasteiger partial charge is 0.223 e. The first kappa shape index (κ1) is 15.4. The standard InChI is InChI=1S/C18H23ClN2O/c1-10(2)15-8-17-12(7-16(15)19)6-14(21-17)9-20-18(22)13-4-11(3)5-13/h6-8,10-11,13,21H,4-5,9H2,1-3H3,(H,20,22). The van der Waals surface area contributed by atoms with Gasteiger partial charge in [0.05, 0.1) is 6.54 Å². The number of carbonyl (C=O) groups excluding carboxylic acids is 1. The van der Waals surface area contributed by atoms with Gasteiger partial charge in [-0.3, -0.25) is 4.79 Å². The number of benzene rings is 1.